The molecule has 0 aliphatic heterocycles. The monoisotopic (exact) mass is 216 g/mol. The minimum Gasteiger partial charge on any atom is -0.298 e. The van der Waals surface area contributed by atoms with E-state index in [0.717, 1.165) is 5.92 Å². The molecule has 0 unspecified atom stereocenters. The highest BCUT2D eigenvalue weighted by Gasteiger charge is 2.48. The van der Waals surface area contributed by atoms with Crippen LogP contribution in [0.25, 0.3) is 0 Å². The van der Waals surface area contributed by atoms with Crippen molar-refractivity contribution in [3.05, 3.63) is 0 Å². The molecule has 2 saturated carbocycles. The van der Waals surface area contributed by atoms with Gasteiger partial charge in [-0.05, 0) is 38.0 Å². The smallest absolute Gasteiger partial charge is 0.149 e. The molecule has 2 fully saturated rings. The van der Waals surface area contributed by atoms with Crippen LogP contribution in [0.2, 0.25) is 0 Å². The number of halogens is 1. The molecule has 2 rings (SSSR count). The third kappa shape index (κ3) is 1.07. The third-order valence-corrected chi connectivity index (χ3v) is 3.96. The van der Waals surface area contributed by atoms with E-state index in [-0.39, 0.29) is 5.41 Å². The quantitative estimate of drug-likeness (QED) is 0.649. The highest BCUT2D eigenvalue weighted by atomic mass is 79.9. The zero-order valence-corrected chi connectivity index (χ0v) is 8.19. The molecule has 2 aliphatic rings. The van der Waals surface area contributed by atoms with Crippen molar-refractivity contribution in [3.63, 3.8) is 0 Å². The summed E-state index contributed by atoms with van der Waals surface area (Å²) in [6.07, 6.45) is 6.14. The number of ketones is 1. The van der Waals surface area contributed by atoms with Gasteiger partial charge in [0.15, 0.2) is 0 Å². The molecular formula is C9H13BrO. The van der Waals surface area contributed by atoms with Crippen molar-refractivity contribution in [2.24, 2.45) is 11.3 Å². The first kappa shape index (κ1) is 7.78. The molecule has 0 saturated heterocycles. The van der Waals surface area contributed by atoms with Gasteiger partial charge in [0.1, 0.15) is 5.78 Å². The third-order valence-electron chi connectivity index (χ3n) is 3.45. The maximum Gasteiger partial charge on any atom is 0.149 e. The van der Waals surface area contributed by atoms with E-state index in [1.165, 1.54) is 32.1 Å². The predicted molar refractivity (Wildman–Crippen MR) is 47.8 cm³/mol. The Bertz CT molecular complexity index is 180. The fourth-order valence-corrected chi connectivity index (χ4v) is 3.32. The van der Waals surface area contributed by atoms with Gasteiger partial charge in [0, 0.05) is 5.41 Å². The number of carbonyl (C=O) groups excluding carboxylic acids is 1. The Morgan fingerprint density at radius 3 is 2.45 bits per heavy atom. The highest BCUT2D eigenvalue weighted by molar-refractivity contribution is 9.09. The molecule has 0 N–H and O–H groups in total. The minimum absolute atomic E-state index is 0.133. The van der Waals surface area contributed by atoms with Crippen molar-refractivity contribution in [2.75, 3.05) is 5.33 Å². The maximum atomic E-state index is 11.5. The van der Waals surface area contributed by atoms with Gasteiger partial charge in [-0.2, -0.15) is 0 Å². The second kappa shape index (κ2) is 2.58. The number of Topliss-reactive ketones (excluding diaryl/α,β-unsaturated/α-hetero) is 1. The zero-order chi connectivity index (χ0) is 7.90. The van der Waals surface area contributed by atoms with Crippen LogP contribution in [-0.2, 0) is 4.79 Å². The molecule has 0 radical (unpaired) electrons. The van der Waals surface area contributed by atoms with Gasteiger partial charge in [0.05, 0.1) is 5.33 Å². The average molecular weight is 217 g/mol. The van der Waals surface area contributed by atoms with E-state index in [9.17, 15) is 4.79 Å². The van der Waals surface area contributed by atoms with Crippen molar-refractivity contribution in [1.29, 1.82) is 0 Å². The SMILES string of the molecule is O=C(CBr)C12CCC(CC1)C2. The number of rotatable bonds is 2. The summed E-state index contributed by atoms with van der Waals surface area (Å²) in [6.45, 7) is 0. The molecule has 0 aromatic rings. The van der Waals surface area contributed by atoms with E-state index >= 15 is 0 Å². The van der Waals surface area contributed by atoms with E-state index in [1.54, 1.807) is 0 Å². The molecule has 2 heteroatoms. The van der Waals surface area contributed by atoms with Crippen LogP contribution >= 0.6 is 15.9 Å². The summed E-state index contributed by atoms with van der Waals surface area (Å²) in [5.41, 5.74) is 0.133. The van der Waals surface area contributed by atoms with Crippen molar-refractivity contribution in [2.45, 2.75) is 32.1 Å². The van der Waals surface area contributed by atoms with Gasteiger partial charge in [-0.15, -0.1) is 0 Å². The molecule has 11 heavy (non-hydrogen) atoms. The van der Waals surface area contributed by atoms with E-state index in [0.29, 0.717) is 11.1 Å². The fourth-order valence-electron chi connectivity index (χ4n) is 2.73. The second-order valence-electron chi connectivity index (χ2n) is 3.98. The summed E-state index contributed by atoms with van der Waals surface area (Å²) in [4.78, 5) is 11.5. The predicted octanol–water partition coefficient (Wildman–Crippen LogP) is 2.53. The van der Waals surface area contributed by atoms with E-state index in [2.05, 4.69) is 15.9 Å². The Morgan fingerprint density at radius 2 is 2.09 bits per heavy atom. The van der Waals surface area contributed by atoms with Crippen LogP contribution in [0.1, 0.15) is 32.1 Å². The summed E-state index contributed by atoms with van der Waals surface area (Å²) in [5, 5.41) is 0.569. The molecular weight excluding hydrogens is 204 g/mol. The van der Waals surface area contributed by atoms with Crippen LogP contribution < -0.4 is 0 Å². The van der Waals surface area contributed by atoms with Gasteiger partial charge < -0.3 is 0 Å². The molecule has 2 bridgehead atoms. The van der Waals surface area contributed by atoms with Gasteiger partial charge in [-0.1, -0.05) is 15.9 Å². The van der Waals surface area contributed by atoms with Gasteiger partial charge in [0.2, 0.25) is 0 Å². The Balaban J connectivity index is 2.16. The zero-order valence-electron chi connectivity index (χ0n) is 6.61. The number of alkyl halides is 1. The van der Waals surface area contributed by atoms with Gasteiger partial charge in [0.25, 0.3) is 0 Å². The maximum absolute atomic E-state index is 11.5. The Hall–Kier alpha value is 0.150. The number of hydrogen-bond acceptors (Lipinski definition) is 1. The summed E-state index contributed by atoms with van der Waals surface area (Å²) in [6, 6.07) is 0. The highest BCUT2D eigenvalue weighted by Crippen LogP contribution is 2.54. The normalized spacial score (nSPS) is 41.4. The van der Waals surface area contributed by atoms with E-state index < -0.39 is 0 Å². The fraction of sp³-hybridized carbons (Fsp3) is 0.889. The van der Waals surface area contributed by atoms with Crippen LogP contribution in [0.3, 0.4) is 0 Å². The standard InChI is InChI=1S/C9H13BrO/c10-6-8(11)9-3-1-7(5-9)2-4-9/h7H,1-6H2. The Labute approximate surface area is 75.7 Å². The molecule has 0 aromatic carbocycles. The molecule has 62 valence electrons. The van der Waals surface area contributed by atoms with Crippen molar-refractivity contribution in [3.8, 4) is 0 Å². The summed E-state index contributed by atoms with van der Waals surface area (Å²) < 4.78 is 0. The van der Waals surface area contributed by atoms with Crippen molar-refractivity contribution < 1.29 is 4.79 Å². The number of hydrogen-bond donors (Lipinski definition) is 0. The van der Waals surface area contributed by atoms with Crippen LogP contribution in [0.4, 0.5) is 0 Å². The molecule has 2 aliphatic carbocycles. The van der Waals surface area contributed by atoms with Crippen LogP contribution in [0, 0.1) is 11.3 Å². The largest absolute Gasteiger partial charge is 0.298 e. The van der Waals surface area contributed by atoms with E-state index in [4.69, 9.17) is 0 Å². The topological polar surface area (TPSA) is 17.1 Å². The lowest BCUT2D eigenvalue weighted by Gasteiger charge is -2.23. The molecule has 1 nitrogen and oxygen atoms in total. The first-order chi connectivity index (χ1) is 5.27. The number of carbonyl (C=O) groups is 1. The number of fused-ring (bicyclic) bond motifs is 2. The van der Waals surface area contributed by atoms with E-state index in [1.807, 2.05) is 0 Å². The molecule has 0 aromatic heterocycles. The van der Waals surface area contributed by atoms with Crippen molar-refractivity contribution in [1.82, 2.24) is 0 Å². The Morgan fingerprint density at radius 1 is 1.45 bits per heavy atom. The van der Waals surface area contributed by atoms with Crippen molar-refractivity contribution >= 4 is 21.7 Å². The Kier molecular flexibility index (Phi) is 1.82. The average Bonchev–Trinajstić information content (AvgIpc) is 2.62. The molecule has 0 amide bonds. The first-order valence-corrected chi connectivity index (χ1v) is 5.48. The lowest BCUT2D eigenvalue weighted by atomic mass is 9.81. The van der Waals surface area contributed by atoms with Crippen LogP contribution in [-0.4, -0.2) is 11.1 Å². The lowest BCUT2D eigenvalue weighted by Crippen LogP contribution is -2.27. The summed E-state index contributed by atoms with van der Waals surface area (Å²) >= 11 is 3.27. The first-order valence-electron chi connectivity index (χ1n) is 4.36. The molecule has 0 heterocycles. The van der Waals surface area contributed by atoms with Gasteiger partial charge in [-0.3, -0.25) is 4.79 Å². The minimum atomic E-state index is 0.133. The molecule has 0 atom stereocenters. The lowest BCUT2D eigenvalue weighted by molar-refractivity contribution is -0.125. The molecule has 0 spiro atoms. The van der Waals surface area contributed by atoms with Crippen LogP contribution in [0.5, 0.6) is 0 Å². The second-order valence-corrected chi connectivity index (χ2v) is 4.55. The van der Waals surface area contributed by atoms with Gasteiger partial charge >= 0.3 is 0 Å². The van der Waals surface area contributed by atoms with Gasteiger partial charge in [-0.25, -0.2) is 0 Å². The van der Waals surface area contributed by atoms with Crippen LogP contribution in [0.15, 0.2) is 0 Å². The summed E-state index contributed by atoms with van der Waals surface area (Å²) in [5.74, 6) is 1.34. The summed E-state index contributed by atoms with van der Waals surface area (Å²) in [7, 11) is 0.